The van der Waals surface area contributed by atoms with Gasteiger partial charge < -0.3 is 35.1 Å². The number of aromatic nitrogens is 2. The van der Waals surface area contributed by atoms with E-state index in [-0.39, 0.29) is 23.7 Å². The zero-order valence-corrected chi connectivity index (χ0v) is 20.4. The molecular formula is C26H33N3O7. The van der Waals surface area contributed by atoms with Crippen molar-refractivity contribution in [2.75, 3.05) is 13.2 Å². The first-order chi connectivity index (χ1) is 17.3. The maximum atomic E-state index is 12.9. The third-order valence-electron chi connectivity index (χ3n) is 5.87. The molecule has 3 unspecified atom stereocenters. The summed E-state index contributed by atoms with van der Waals surface area (Å²) in [6, 6.07) is 2.95. The topological polar surface area (TPSA) is 154 Å². The van der Waals surface area contributed by atoms with Gasteiger partial charge in [0.2, 0.25) is 0 Å². The Morgan fingerprint density at radius 3 is 2.78 bits per heavy atom. The molecule has 5 N–H and O–H groups in total. The third-order valence-corrected chi connectivity index (χ3v) is 5.87. The van der Waals surface area contributed by atoms with Crippen LogP contribution in [-0.4, -0.2) is 68.5 Å². The van der Waals surface area contributed by atoms with E-state index in [1.165, 1.54) is 30.4 Å². The van der Waals surface area contributed by atoms with E-state index in [1.54, 1.807) is 32.3 Å². The molecule has 10 nitrogen and oxygen atoms in total. The molecule has 0 bridgehead atoms. The normalized spacial score (nSPS) is 24.9. The number of nitrogens with zero attached hydrogens (tertiary/aromatic N) is 1. The highest BCUT2D eigenvalue weighted by atomic mass is 16.5. The van der Waals surface area contributed by atoms with Crippen LogP contribution in [0.5, 0.6) is 11.5 Å². The second-order valence-electron chi connectivity index (χ2n) is 8.70. The number of aromatic amines is 1. The second-order valence-corrected chi connectivity index (χ2v) is 8.70. The number of fused-ring (bicyclic) bond motifs is 1. The summed E-state index contributed by atoms with van der Waals surface area (Å²) < 4.78 is 11.3. The minimum Gasteiger partial charge on any atom is -0.507 e. The molecule has 0 saturated heterocycles. The van der Waals surface area contributed by atoms with Crippen LogP contribution in [0, 0.1) is 5.92 Å². The molecule has 0 radical (unpaired) electrons. The zero-order chi connectivity index (χ0) is 26.1. The number of cyclic esters (lactones) is 1. The number of phenols is 1. The first kappa shape index (κ1) is 27.1. The van der Waals surface area contributed by atoms with Crippen LogP contribution in [0.3, 0.4) is 0 Å². The average molecular weight is 500 g/mol. The summed E-state index contributed by atoms with van der Waals surface area (Å²) in [7, 11) is 0. The largest absolute Gasteiger partial charge is 0.507 e. The Morgan fingerprint density at radius 1 is 1.22 bits per heavy atom. The van der Waals surface area contributed by atoms with E-state index < -0.39 is 30.1 Å². The number of hydrogen-bond donors (Lipinski definition) is 5. The number of aromatic hydroxyl groups is 1. The lowest BCUT2D eigenvalue weighted by Crippen LogP contribution is -2.32. The fourth-order valence-corrected chi connectivity index (χ4v) is 3.54. The molecule has 0 aliphatic carbocycles. The zero-order valence-electron chi connectivity index (χ0n) is 20.4. The maximum absolute atomic E-state index is 12.9. The van der Waals surface area contributed by atoms with Crippen LogP contribution in [0.1, 0.15) is 48.4 Å². The van der Waals surface area contributed by atoms with E-state index in [0.29, 0.717) is 37.4 Å². The number of carbonyl (C=O) groups excluding carboxylic acids is 2. The molecule has 0 fully saturated rings. The number of aliphatic hydroxyl groups excluding tert-OH is 2. The van der Waals surface area contributed by atoms with Gasteiger partial charge in [-0.15, -0.1) is 0 Å². The van der Waals surface area contributed by atoms with E-state index in [1.807, 2.05) is 0 Å². The SMILES string of the molecule is CC1OC(=O)c2c(O)cc(OCCCNCc3ncc[nH]3)cc2/C=C/CC(O)C(O)C(=O)/C=C\[C@H]1C. The Morgan fingerprint density at radius 2 is 2.03 bits per heavy atom. The predicted molar refractivity (Wildman–Crippen MR) is 132 cm³/mol. The number of imidazole rings is 1. The van der Waals surface area contributed by atoms with Gasteiger partial charge in [-0.3, -0.25) is 4.79 Å². The molecule has 1 aromatic heterocycles. The molecule has 36 heavy (non-hydrogen) atoms. The van der Waals surface area contributed by atoms with E-state index in [2.05, 4.69) is 15.3 Å². The summed E-state index contributed by atoms with van der Waals surface area (Å²) in [5.41, 5.74) is 0.288. The van der Waals surface area contributed by atoms with Gasteiger partial charge >= 0.3 is 5.97 Å². The number of aliphatic hydroxyl groups is 2. The number of rotatable bonds is 7. The molecule has 0 saturated carbocycles. The number of nitrogens with one attached hydrogen (secondary N) is 2. The van der Waals surface area contributed by atoms with E-state index >= 15 is 0 Å². The number of carbonyl (C=O) groups is 2. The van der Waals surface area contributed by atoms with Gasteiger partial charge in [0.05, 0.1) is 19.3 Å². The molecule has 0 amide bonds. The van der Waals surface area contributed by atoms with Crippen molar-refractivity contribution in [3.63, 3.8) is 0 Å². The third kappa shape index (κ3) is 7.51. The maximum Gasteiger partial charge on any atom is 0.342 e. The minimum atomic E-state index is -1.58. The van der Waals surface area contributed by atoms with Crippen molar-refractivity contribution in [2.45, 2.75) is 51.5 Å². The molecule has 2 heterocycles. The lowest BCUT2D eigenvalue weighted by Gasteiger charge is -2.20. The number of esters is 1. The molecule has 1 aromatic carbocycles. The number of hydrogen-bond acceptors (Lipinski definition) is 9. The Kier molecular flexibility index (Phi) is 9.80. The summed E-state index contributed by atoms with van der Waals surface area (Å²) in [5, 5.41) is 34.2. The number of H-pyrrole nitrogens is 1. The van der Waals surface area contributed by atoms with Crippen LogP contribution >= 0.6 is 0 Å². The van der Waals surface area contributed by atoms with Crippen LogP contribution in [-0.2, 0) is 16.1 Å². The number of benzene rings is 1. The van der Waals surface area contributed by atoms with Gasteiger partial charge in [-0.05, 0) is 44.0 Å². The van der Waals surface area contributed by atoms with Crippen molar-refractivity contribution in [2.24, 2.45) is 5.92 Å². The smallest absolute Gasteiger partial charge is 0.342 e. The van der Waals surface area contributed by atoms with Gasteiger partial charge in [-0.1, -0.05) is 25.2 Å². The molecular weight excluding hydrogens is 466 g/mol. The molecule has 2 aromatic rings. The van der Waals surface area contributed by atoms with Crippen LogP contribution in [0.4, 0.5) is 0 Å². The first-order valence-corrected chi connectivity index (χ1v) is 11.9. The Hall–Kier alpha value is -3.47. The number of ketones is 1. The molecule has 1 aliphatic rings. The number of ether oxygens (including phenoxy) is 2. The molecule has 1 aliphatic heterocycles. The molecule has 10 heteroatoms. The van der Waals surface area contributed by atoms with Crippen molar-refractivity contribution in [1.82, 2.24) is 15.3 Å². The minimum absolute atomic E-state index is 0.0371. The lowest BCUT2D eigenvalue weighted by atomic mass is 9.99. The van der Waals surface area contributed by atoms with Crippen LogP contribution in [0.15, 0.2) is 42.8 Å². The van der Waals surface area contributed by atoms with Crippen LogP contribution in [0.25, 0.3) is 6.08 Å². The highest BCUT2D eigenvalue weighted by Gasteiger charge is 2.25. The lowest BCUT2D eigenvalue weighted by molar-refractivity contribution is -0.127. The molecule has 4 atom stereocenters. The van der Waals surface area contributed by atoms with Crippen molar-refractivity contribution in [1.29, 1.82) is 0 Å². The van der Waals surface area contributed by atoms with Crippen molar-refractivity contribution >= 4 is 17.8 Å². The second kappa shape index (κ2) is 13.0. The molecule has 194 valence electrons. The monoisotopic (exact) mass is 499 g/mol. The van der Waals surface area contributed by atoms with E-state index in [0.717, 1.165) is 5.82 Å². The van der Waals surface area contributed by atoms with Gasteiger partial charge in [-0.25, -0.2) is 9.78 Å². The first-order valence-electron chi connectivity index (χ1n) is 11.9. The van der Waals surface area contributed by atoms with Gasteiger partial charge in [0.15, 0.2) is 5.78 Å². The standard InChI is InChI=1S/C26H33N3O7/c1-16-7-8-21(31)25(33)20(30)6-3-5-18-13-19(14-22(32)24(18)26(34)36-17(16)2)35-12-4-9-27-15-23-28-10-11-29-23/h3,5,7-8,10-11,13-14,16-17,20,25,27,30,32-33H,4,6,9,12,15H2,1-2H3,(H,28,29)/b5-3+,8-7-/t16-,17?,20?,25?/m1/s1. The summed E-state index contributed by atoms with van der Waals surface area (Å²) in [6.45, 7) is 5.08. The van der Waals surface area contributed by atoms with E-state index in [9.17, 15) is 24.9 Å². The van der Waals surface area contributed by atoms with Gasteiger partial charge in [0.25, 0.3) is 0 Å². The average Bonchev–Trinajstić information content (AvgIpc) is 3.36. The van der Waals surface area contributed by atoms with Gasteiger partial charge in [0, 0.05) is 24.4 Å². The predicted octanol–water partition coefficient (Wildman–Crippen LogP) is 2.12. The van der Waals surface area contributed by atoms with Crippen LogP contribution in [0.2, 0.25) is 0 Å². The fourth-order valence-electron chi connectivity index (χ4n) is 3.54. The Labute approximate surface area is 209 Å². The fraction of sp³-hybridized carbons (Fsp3) is 0.423. The van der Waals surface area contributed by atoms with Gasteiger partial charge in [-0.2, -0.15) is 0 Å². The van der Waals surface area contributed by atoms with Crippen LogP contribution < -0.4 is 10.1 Å². The molecule has 0 spiro atoms. The summed E-state index contributed by atoms with van der Waals surface area (Å²) >= 11 is 0. The summed E-state index contributed by atoms with van der Waals surface area (Å²) in [6.07, 6.45) is 6.29. The highest BCUT2D eigenvalue weighted by molar-refractivity contribution is 5.97. The van der Waals surface area contributed by atoms with Crippen molar-refractivity contribution < 1.29 is 34.4 Å². The quantitative estimate of drug-likeness (QED) is 0.285. The van der Waals surface area contributed by atoms with Gasteiger partial charge in [0.1, 0.15) is 35.1 Å². The molecule has 3 rings (SSSR count). The Bertz CT molecular complexity index is 1080. The highest BCUT2D eigenvalue weighted by Crippen LogP contribution is 2.31. The summed E-state index contributed by atoms with van der Waals surface area (Å²) in [4.78, 5) is 32.2. The van der Waals surface area contributed by atoms with Crippen molar-refractivity contribution in [3.05, 3.63) is 59.7 Å². The van der Waals surface area contributed by atoms with E-state index in [4.69, 9.17) is 9.47 Å². The van der Waals surface area contributed by atoms with Crippen molar-refractivity contribution in [3.8, 4) is 11.5 Å². The Balaban J connectivity index is 1.73. The number of phenolic OH excluding ortho intramolecular Hbond substituents is 1. The summed E-state index contributed by atoms with van der Waals surface area (Å²) in [5.74, 6) is -0.812.